The molecule has 2 N–H and O–H groups in total. The molecule has 0 bridgehead atoms. The number of hydrogen-bond donors (Lipinski definition) is 2. The Morgan fingerprint density at radius 2 is 1.96 bits per heavy atom. The van der Waals surface area contributed by atoms with Crippen LogP contribution >= 0.6 is 35.0 Å². The Balaban J connectivity index is 1.71. The lowest BCUT2D eigenvalue weighted by atomic mass is 10.1. The number of rotatable bonds is 3. The summed E-state index contributed by atoms with van der Waals surface area (Å²) >= 11 is 12.9. The highest BCUT2D eigenvalue weighted by Crippen LogP contribution is 2.40. The van der Waals surface area contributed by atoms with Gasteiger partial charge in [0.05, 0.1) is 32.2 Å². The van der Waals surface area contributed by atoms with Gasteiger partial charge in [0, 0.05) is 11.3 Å². The third-order valence-corrected chi connectivity index (χ3v) is 5.82. The molecule has 0 radical (unpaired) electrons. The van der Waals surface area contributed by atoms with Crippen LogP contribution in [0.1, 0.15) is 12.0 Å². The number of hydrogen-bond acceptors (Lipinski definition) is 3. The minimum atomic E-state index is -4.50. The van der Waals surface area contributed by atoms with Gasteiger partial charge in [0.1, 0.15) is 0 Å². The van der Waals surface area contributed by atoms with E-state index in [2.05, 4.69) is 10.6 Å². The summed E-state index contributed by atoms with van der Waals surface area (Å²) in [5, 5.41) is 4.67. The molecular weight excluding hydrogens is 424 g/mol. The van der Waals surface area contributed by atoms with Crippen LogP contribution in [0.4, 0.5) is 24.5 Å². The van der Waals surface area contributed by atoms with Crippen LogP contribution in [-0.4, -0.2) is 17.1 Å². The van der Waals surface area contributed by atoms with E-state index in [0.717, 1.165) is 23.9 Å². The van der Waals surface area contributed by atoms with E-state index in [4.69, 9.17) is 23.2 Å². The van der Waals surface area contributed by atoms with Gasteiger partial charge in [0.25, 0.3) is 0 Å². The van der Waals surface area contributed by atoms with E-state index in [0.29, 0.717) is 10.6 Å². The number of benzene rings is 2. The highest BCUT2D eigenvalue weighted by molar-refractivity contribution is 8.01. The van der Waals surface area contributed by atoms with Crippen molar-refractivity contribution in [1.29, 1.82) is 0 Å². The van der Waals surface area contributed by atoms with Crippen LogP contribution in [0.15, 0.2) is 41.3 Å². The molecule has 142 valence electrons. The number of halogens is 5. The van der Waals surface area contributed by atoms with E-state index in [1.807, 2.05) is 0 Å². The Morgan fingerprint density at radius 3 is 2.67 bits per heavy atom. The van der Waals surface area contributed by atoms with Gasteiger partial charge in [-0.3, -0.25) is 9.59 Å². The molecule has 0 fully saturated rings. The summed E-state index contributed by atoms with van der Waals surface area (Å²) in [6, 6.07) is 7.83. The number of thioether (sulfide) groups is 1. The van der Waals surface area contributed by atoms with Crippen molar-refractivity contribution in [1.82, 2.24) is 0 Å². The van der Waals surface area contributed by atoms with E-state index in [1.165, 1.54) is 6.07 Å². The molecule has 0 saturated heterocycles. The molecule has 1 aliphatic rings. The topological polar surface area (TPSA) is 58.2 Å². The minimum absolute atomic E-state index is 0.0781. The van der Waals surface area contributed by atoms with Crippen molar-refractivity contribution in [3.8, 4) is 0 Å². The average Bonchev–Trinajstić information content (AvgIpc) is 2.58. The molecule has 0 saturated carbocycles. The number of alkyl halides is 3. The van der Waals surface area contributed by atoms with E-state index in [1.54, 1.807) is 18.2 Å². The van der Waals surface area contributed by atoms with E-state index in [-0.39, 0.29) is 22.2 Å². The largest absolute Gasteiger partial charge is 0.416 e. The molecule has 0 spiro atoms. The summed E-state index contributed by atoms with van der Waals surface area (Å²) in [6.07, 6.45) is -4.68. The Kier molecular flexibility index (Phi) is 5.60. The molecule has 2 aromatic rings. The molecule has 1 atom stereocenters. The zero-order chi connectivity index (χ0) is 19.8. The van der Waals surface area contributed by atoms with Gasteiger partial charge >= 0.3 is 6.18 Å². The molecule has 2 aromatic carbocycles. The lowest BCUT2D eigenvalue weighted by molar-refractivity contribution is -0.137. The second-order valence-electron chi connectivity index (χ2n) is 5.66. The predicted molar refractivity (Wildman–Crippen MR) is 99.4 cm³/mol. The summed E-state index contributed by atoms with van der Waals surface area (Å²) in [4.78, 5) is 24.9. The second-order valence-corrected chi connectivity index (χ2v) is 7.69. The number of nitrogens with one attached hydrogen (secondary N) is 2. The van der Waals surface area contributed by atoms with E-state index in [9.17, 15) is 22.8 Å². The van der Waals surface area contributed by atoms with Gasteiger partial charge in [-0.25, -0.2) is 0 Å². The van der Waals surface area contributed by atoms with Crippen molar-refractivity contribution in [2.24, 2.45) is 0 Å². The van der Waals surface area contributed by atoms with Crippen molar-refractivity contribution in [2.75, 3.05) is 10.6 Å². The number of carbonyl (C=O) groups is 2. The van der Waals surface area contributed by atoms with Gasteiger partial charge in [0.2, 0.25) is 11.8 Å². The Labute approximate surface area is 166 Å². The van der Waals surface area contributed by atoms with Crippen molar-refractivity contribution < 1.29 is 22.8 Å². The molecule has 4 nitrogen and oxygen atoms in total. The third-order valence-electron chi connectivity index (χ3n) is 3.72. The Morgan fingerprint density at radius 1 is 1.22 bits per heavy atom. The van der Waals surface area contributed by atoms with Crippen LogP contribution < -0.4 is 10.6 Å². The zero-order valence-electron chi connectivity index (χ0n) is 13.4. The smallest absolute Gasteiger partial charge is 0.325 e. The summed E-state index contributed by atoms with van der Waals surface area (Å²) in [6.45, 7) is 0. The summed E-state index contributed by atoms with van der Waals surface area (Å²) < 4.78 is 38.3. The molecule has 0 aromatic heterocycles. The summed E-state index contributed by atoms with van der Waals surface area (Å²) in [5.74, 6) is -1.01. The maximum Gasteiger partial charge on any atom is 0.416 e. The van der Waals surface area contributed by atoms with Crippen LogP contribution in [0.3, 0.4) is 0 Å². The fourth-order valence-corrected chi connectivity index (χ4v) is 3.87. The lowest BCUT2D eigenvalue weighted by Gasteiger charge is -2.24. The van der Waals surface area contributed by atoms with Crippen LogP contribution in [-0.2, 0) is 15.8 Å². The zero-order valence-corrected chi connectivity index (χ0v) is 15.7. The van der Waals surface area contributed by atoms with Crippen LogP contribution in [0.25, 0.3) is 0 Å². The average molecular weight is 435 g/mol. The second kappa shape index (κ2) is 7.61. The van der Waals surface area contributed by atoms with Gasteiger partial charge in [-0.1, -0.05) is 29.3 Å². The first kappa shape index (κ1) is 19.9. The van der Waals surface area contributed by atoms with Crippen molar-refractivity contribution >= 4 is 58.2 Å². The lowest BCUT2D eigenvalue weighted by Crippen LogP contribution is -2.32. The fraction of sp³-hybridized carbons (Fsp3) is 0.176. The van der Waals surface area contributed by atoms with Crippen LogP contribution in [0.5, 0.6) is 0 Å². The predicted octanol–water partition coefficient (Wildman–Crippen LogP) is 5.45. The summed E-state index contributed by atoms with van der Waals surface area (Å²) in [7, 11) is 0. The fourth-order valence-electron chi connectivity index (χ4n) is 2.43. The SMILES string of the molecule is O=C(CC1Sc2ccc(C(F)(F)F)cc2NC1=O)Nc1cccc(Cl)c1Cl. The van der Waals surface area contributed by atoms with E-state index >= 15 is 0 Å². The van der Waals surface area contributed by atoms with Crippen molar-refractivity contribution in [3.05, 3.63) is 52.0 Å². The summed E-state index contributed by atoms with van der Waals surface area (Å²) in [5.41, 5.74) is -0.464. The third kappa shape index (κ3) is 4.51. The first-order chi connectivity index (χ1) is 12.6. The Bertz CT molecular complexity index is 922. The molecule has 0 aliphatic carbocycles. The Hall–Kier alpha value is -1.90. The van der Waals surface area contributed by atoms with Gasteiger partial charge in [-0.2, -0.15) is 13.2 Å². The molecule has 3 rings (SSSR count). The van der Waals surface area contributed by atoms with Crippen LogP contribution in [0, 0.1) is 0 Å². The highest BCUT2D eigenvalue weighted by atomic mass is 35.5. The van der Waals surface area contributed by atoms with Crippen molar-refractivity contribution in [3.63, 3.8) is 0 Å². The number of anilines is 2. The molecule has 1 aliphatic heterocycles. The number of fused-ring (bicyclic) bond motifs is 1. The van der Waals surface area contributed by atoms with E-state index < -0.39 is 28.8 Å². The van der Waals surface area contributed by atoms with Crippen molar-refractivity contribution in [2.45, 2.75) is 22.7 Å². The van der Waals surface area contributed by atoms with Gasteiger partial charge < -0.3 is 10.6 Å². The standard InChI is InChI=1S/C17H11Cl2F3N2O2S/c18-9-2-1-3-10(15(9)19)23-14(25)7-13-16(26)24-11-6-8(17(20,21)22)4-5-12(11)27-13/h1-6,13H,7H2,(H,23,25)(H,24,26). The molecule has 1 heterocycles. The van der Waals surface area contributed by atoms with Gasteiger partial charge in [-0.15, -0.1) is 11.8 Å². The minimum Gasteiger partial charge on any atom is -0.325 e. The van der Waals surface area contributed by atoms with Gasteiger partial charge in [0.15, 0.2) is 0 Å². The maximum atomic E-state index is 12.8. The first-order valence-corrected chi connectivity index (χ1v) is 9.21. The molecule has 10 heteroatoms. The number of carbonyl (C=O) groups excluding carboxylic acids is 2. The first-order valence-electron chi connectivity index (χ1n) is 7.58. The quantitative estimate of drug-likeness (QED) is 0.674. The number of amides is 2. The highest BCUT2D eigenvalue weighted by Gasteiger charge is 2.34. The molecule has 2 amide bonds. The maximum absolute atomic E-state index is 12.8. The van der Waals surface area contributed by atoms with Gasteiger partial charge in [-0.05, 0) is 30.3 Å². The molecule has 1 unspecified atom stereocenters. The molecular formula is C17H11Cl2F3N2O2S. The monoisotopic (exact) mass is 434 g/mol. The normalized spacial score (nSPS) is 16.5. The molecule has 27 heavy (non-hydrogen) atoms. The van der Waals surface area contributed by atoms with Crippen LogP contribution in [0.2, 0.25) is 10.0 Å².